The molecule has 0 aliphatic heterocycles. The van der Waals surface area contributed by atoms with Crippen molar-refractivity contribution >= 4 is 22.2 Å². The molecule has 0 spiro atoms. The molecule has 1 aromatic carbocycles. The van der Waals surface area contributed by atoms with Crippen LogP contribution >= 0.6 is 11.3 Å². The van der Waals surface area contributed by atoms with Gasteiger partial charge in [-0.1, -0.05) is 18.2 Å². The van der Waals surface area contributed by atoms with Gasteiger partial charge in [-0.15, -0.1) is 11.3 Å². The number of benzene rings is 1. The second-order valence-corrected chi connectivity index (χ2v) is 6.20. The van der Waals surface area contributed by atoms with Crippen LogP contribution in [0, 0.1) is 6.92 Å². The van der Waals surface area contributed by atoms with Gasteiger partial charge in [0.2, 0.25) is 0 Å². The molecule has 0 fully saturated rings. The molecular weight excluding hydrogens is 264 g/mol. The summed E-state index contributed by atoms with van der Waals surface area (Å²) in [5.41, 5.74) is 4.01. The van der Waals surface area contributed by atoms with Gasteiger partial charge in [-0.3, -0.25) is 0 Å². The molecule has 0 saturated heterocycles. The highest BCUT2D eigenvalue weighted by Gasteiger charge is 2.09. The van der Waals surface area contributed by atoms with Crippen molar-refractivity contribution in [2.75, 3.05) is 6.54 Å². The SMILES string of the molecule is Cc1ccsc1C(C)NCCc1c[nH]c2ccccc12. The zero-order valence-electron chi connectivity index (χ0n) is 11.9. The molecule has 2 heterocycles. The van der Waals surface area contributed by atoms with E-state index in [2.05, 4.69) is 66.1 Å². The predicted octanol–water partition coefficient (Wildman–Crippen LogP) is 4.43. The summed E-state index contributed by atoms with van der Waals surface area (Å²) < 4.78 is 0. The van der Waals surface area contributed by atoms with Gasteiger partial charge in [0, 0.05) is 28.0 Å². The van der Waals surface area contributed by atoms with Gasteiger partial charge in [0.15, 0.2) is 0 Å². The van der Waals surface area contributed by atoms with E-state index in [0.29, 0.717) is 6.04 Å². The van der Waals surface area contributed by atoms with E-state index >= 15 is 0 Å². The minimum atomic E-state index is 0.431. The van der Waals surface area contributed by atoms with Crippen molar-refractivity contribution in [3.63, 3.8) is 0 Å². The summed E-state index contributed by atoms with van der Waals surface area (Å²) in [6, 6.07) is 11.1. The number of aryl methyl sites for hydroxylation is 1. The minimum absolute atomic E-state index is 0.431. The summed E-state index contributed by atoms with van der Waals surface area (Å²) in [4.78, 5) is 4.79. The van der Waals surface area contributed by atoms with E-state index in [1.165, 1.54) is 26.9 Å². The molecule has 20 heavy (non-hydrogen) atoms. The number of para-hydroxylation sites is 1. The van der Waals surface area contributed by atoms with Crippen LogP contribution in [0.5, 0.6) is 0 Å². The highest BCUT2D eigenvalue weighted by atomic mass is 32.1. The van der Waals surface area contributed by atoms with Gasteiger partial charge < -0.3 is 10.3 Å². The van der Waals surface area contributed by atoms with Crippen molar-refractivity contribution in [3.8, 4) is 0 Å². The van der Waals surface area contributed by atoms with Crippen LogP contribution in [0.1, 0.15) is 29.0 Å². The monoisotopic (exact) mass is 284 g/mol. The normalized spacial score (nSPS) is 12.9. The Morgan fingerprint density at radius 1 is 1.25 bits per heavy atom. The molecule has 0 aliphatic rings. The van der Waals surface area contributed by atoms with Crippen LogP contribution in [-0.4, -0.2) is 11.5 Å². The predicted molar refractivity (Wildman–Crippen MR) is 87.5 cm³/mol. The van der Waals surface area contributed by atoms with Crippen molar-refractivity contribution in [1.82, 2.24) is 10.3 Å². The molecule has 0 saturated carbocycles. The lowest BCUT2D eigenvalue weighted by Gasteiger charge is -2.13. The molecule has 3 rings (SSSR count). The molecule has 0 amide bonds. The molecular formula is C17H20N2S. The molecule has 2 nitrogen and oxygen atoms in total. The molecule has 0 aliphatic carbocycles. The Morgan fingerprint density at radius 3 is 2.90 bits per heavy atom. The number of aromatic amines is 1. The van der Waals surface area contributed by atoms with Crippen molar-refractivity contribution in [2.24, 2.45) is 0 Å². The van der Waals surface area contributed by atoms with Gasteiger partial charge in [0.05, 0.1) is 0 Å². The van der Waals surface area contributed by atoms with Crippen LogP contribution in [0.4, 0.5) is 0 Å². The first-order valence-electron chi connectivity index (χ1n) is 7.08. The molecule has 0 radical (unpaired) electrons. The number of thiophene rings is 1. The average Bonchev–Trinajstić information content (AvgIpc) is 3.05. The van der Waals surface area contributed by atoms with E-state index < -0.39 is 0 Å². The fraction of sp³-hybridized carbons (Fsp3) is 0.294. The third-order valence-corrected chi connectivity index (χ3v) is 5.02. The second-order valence-electron chi connectivity index (χ2n) is 5.25. The Hall–Kier alpha value is -1.58. The smallest absolute Gasteiger partial charge is 0.0456 e. The lowest BCUT2D eigenvalue weighted by atomic mass is 10.1. The Labute approximate surface area is 123 Å². The molecule has 3 heteroatoms. The van der Waals surface area contributed by atoms with Crippen LogP contribution in [0.15, 0.2) is 41.9 Å². The van der Waals surface area contributed by atoms with Gasteiger partial charge in [-0.05, 0) is 55.5 Å². The first-order chi connectivity index (χ1) is 9.75. The molecule has 104 valence electrons. The summed E-state index contributed by atoms with van der Waals surface area (Å²) in [5, 5.41) is 7.14. The summed E-state index contributed by atoms with van der Waals surface area (Å²) in [7, 11) is 0. The van der Waals surface area contributed by atoms with E-state index in [9.17, 15) is 0 Å². The maximum absolute atomic E-state index is 3.63. The molecule has 0 bridgehead atoms. The van der Waals surface area contributed by atoms with Crippen molar-refractivity contribution in [3.05, 3.63) is 57.9 Å². The number of aromatic nitrogens is 1. The minimum Gasteiger partial charge on any atom is -0.361 e. The van der Waals surface area contributed by atoms with E-state index in [1.54, 1.807) is 0 Å². The van der Waals surface area contributed by atoms with E-state index in [4.69, 9.17) is 0 Å². The molecule has 3 aromatic rings. The number of hydrogen-bond donors (Lipinski definition) is 2. The van der Waals surface area contributed by atoms with E-state index in [1.807, 2.05) is 11.3 Å². The van der Waals surface area contributed by atoms with Gasteiger partial charge in [-0.2, -0.15) is 0 Å². The fourth-order valence-electron chi connectivity index (χ4n) is 2.68. The highest BCUT2D eigenvalue weighted by molar-refractivity contribution is 7.10. The third-order valence-electron chi connectivity index (χ3n) is 3.81. The van der Waals surface area contributed by atoms with E-state index in [0.717, 1.165) is 13.0 Å². The number of fused-ring (bicyclic) bond motifs is 1. The third kappa shape index (κ3) is 2.65. The topological polar surface area (TPSA) is 27.8 Å². The quantitative estimate of drug-likeness (QED) is 0.712. The maximum atomic E-state index is 3.63. The standard InChI is InChI=1S/C17H20N2S/c1-12-8-10-20-17(12)13(2)18-9-7-14-11-19-16-6-4-3-5-15(14)16/h3-6,8,10-11,13,18-19H,7,9H2,1-2H3. The molecule has 2 N–H and O–H groups in total. The Morgan fingerprint density at radius 2 is 2.10 bits per heavy atom. The Bertz CT molecular complexity index is 696. The van der Waals surface area contributed by atoms with Crippen molar-refractivity contribution < 1.29 is 0 Å². The van der Waals surface area contributed by atoms with Crippen LogP contribution in [-0.2, 0) is 6.42 Å². The lowest BCUT2D eigenvalue weighted by Crippen LogP contribution is -2.21. The fourth-order valence-corrected chi connectivity index (χ4v) is 3.64. The number of nitrogens with one attached hydrogen (secondary N) is 2. The second kappa shape index (κ2) is 5.81. The number of rotatable bonds is 5. The Balaban J connectivity index is 1.61. The molecule has 2 aromatic heterocycles. The highest BCUT2D eigenvalue weighted by Crippen LogP contribution is 2.23. The summed E-state index contributed by atoms with van der Waals surface area (Å²) in [6.07, 6.45) is 3.19. The van der Waals surface area contributed by atoms with Gasteiger partial charge in [0.1, 0.15) is 0 Å². The summed E-state index contributed by atoms with van der Waals surface area (Å²) in [5.74, 6) is 0. The van der Waals surface area contributed by atoms with Gasteiger partial charge in [0.25, 0.3) is 0 Å². The van der Waals surface area contributed by atoms with Crippen LogP contribution in [0.2, 0.25) is 0 Å². The first-order valence-corrected chi connectivity index (χ1v) is 7.96. The first kappa shape index (κ1) is 13.4. The van der Waals surface area contributed by atoms with Crippen molar-refractivity contribution in [1.29, 1.82) is 0 Å². The van der Waals surface area contributed by atoms with Gasteiger partial charge >= 0.3 is 0 Å². The largest absolute Gasteiger partial charge is 0.361 e. The summed E-state index contributed by atoms with van der Waals surface area (Å²) >= 11 is 1.84. The van der Waals surface area contributed by atoms with Crippen LogP contribution < -0.4 is 5.32 Å². The Kier molecular flexibility index (Phi) is 3.90. The summed E-state index contributed by atoms with van der Waals surface area (Å²) in [6.45, 7) is 5.43. The van der Waals surface area contributed by atoms with Crippen LogP contribution in [0.25, 0.3) is 10.9 Å². The molecule has 1 atom stereocenters. The van der Waals surface area contributed by atoms with Gasteiger partial charge in [-0.25, -0.2) is 0 Å². The zero-order chi connectivity index (χ0) is 13.9. The molecule has 1 unspecified atom stereocenters. The maximum Gasteiger partial charge on any atom is 0.0456 e. The van der Waals surface area contributed by atoms with E-state index in [-0.39, 0.29) is 0 Å². The lowest BCUT2D eigenvalue weighted by molar-refractivity contribution is 0.583. The zero-order valence-corrected chi connectivity index (χ0v) is 12.8. The number of hydrogen-bond acceptors (Lipinski definition) is 2. The van der Waals surface area contributed by atoms with Crippen molar-refractivity contribution in [2.45, 2.75) is 26.3 Å². The van der Waals surface area contributed by atoms with Crippen LogP contribution in [0.3, 0.4) is 0 Å². The number of H-pyrrole nitrogens is 1. The average molecular weight is 284 g/mol.